The molecular formula is C8H7ClN2. The van der Waals surface area contributed by atoms with Crippen LogP contribution >= 0.6 is 11.6 Å². The molecule has 1 aromatic heterocycles. The average Bonchev–Trinajstić information content (AvgIpc) is 2.05. The third kappa shape index (κ3) is 1.92. The van der Waals surface area contributed by atoms with E-state index in [1.54, 1.807) is 12.3 Å². The molecule has 3 heteroatoms. The Bertz CT molecular complexity index is 273. The molecule has 56 valence electrons. The van der Waals surface area contributed by atoms with Crippen LogP contribution in [-0.2, 0) is 0 Å². The second-order valence-electron chi connectivity index (χ2n) is 2.27. The van der Waals surface area contributed by atoms with Crippen LogP contribution in [0.15, 0.2) is 18.3 Å². The Morgan fingerprint density at radius 1 is 1.64 bits per heavy atom. The van der Waals surface area contributed by atoms with Gasteiger partial charge in [-0.15, -0.1) is 0 Å². The van der Waals surface area contributed by atoms with Crippen LogP contribution in [0.3, 0.4) is 0 Å². The third-order valence-electron chi connectivity index (χ3n) is 1.44. The maximum atomic E-state index is 8.55. The fraction of sp³-hybridized carbons (Fsp3) is 0.250. The van der Waals surface area contributed by atoms with E-state index in [4.69, 9.17) is 16.9 Å². The first-order valence-electron chi connectivity index (χ1n) is 3.25. The van der Waals surface area contributed by atoms with Crippen LogP contribution in [-0.4, -0.2) is 4.98 Å². The molecule has 0 aromatic carbocycles. The van der Waals surface area contributed by atoms with Gasteiger partial charge in [0, 0.05) is 6.20 Å². The van der Waals surface area contributed by atoms with E-state index in [0.717, 1.165) is 5.56 Å². The topological polar surface area (TPSA) is 36.7 Å². The van der Waals surface area contributed by atoms with Crippen LogP contribution < -0.4 is 0 Å². The molecule has 0 aliphatic carbocycles. The van der Waals surface area contributed by atoms with Gasteiger partial charge in [0.25, 0.3) is 0 Å². The SMILES string of the molecule is C[C@@H](C#N)c1ccc(Cl)nc1. The number of hydrogen-bond acceptors (Lipinski definition) is 2. The molecule has 0 radical (unpaired) electrons. The Morgan fingerprint density at radius 3 is 2.82 bits per heavy atom. The number of rotatable bonds is 1. The van der Waals surface area contributed by atoms with E-state index in [1.807, 2.05) is 13.0 Å². The highest BCUT2D eigenvalue weighted by atomic mass is 35.5. The minimum Gasteiger partial charge on any atom is -0.244 e. The first-order valence-corrected chi connectivity index (χ1v) is 3.63. The zero-order valence-corrected chi connectivity index (χ0v) is 6.84. The Morgan fingerprint density at radius 2 is 2.36 bits per heavy atom. The Kier molecular flexibility index (Phi) is 2.45. The van der Waals surface area contributed by atoms with E-state index < -0.39 is 0 Å². The van der Waals surface area contributed by atoms with Crippen molar-refractivity contribution in [1.29, 1.82) is 5.26 Å². The van der Waals surface area contributed by atoms with E-state index in [2.05, 4.69) is 11.1 Å². The van der Waals surface area contributed by atoms with Gasteiger partial charge in [-0.25, -0.2) is 4.98 Å². The average molecular weight is 167 g/mol. The lowest BCUT2D eigenvalue weighted by atomic mass is 10.1. The van der Waals surface area contributed by atoms with Gasteiger partial charge in [0.1, 0.15) is 5.15 Å². The van der Waals surface area contributed by atoms with Crippen LogP contribution in [0, 0.1) is 11.3 Å². The van der Waals surface area contributed by atoms with Crippen LogP contribution in [0.1, 0.15) is 18.4 Å². The molecule has 0 bridgehead atoms. The van der Waals surface area contributed by atoms with Crippen molar-refractivity contribution < 1.29 is 0 Å². The lowest BCUT2D eigenvalue weighted by Gasteiger charge is -1.99. The third-order valence-corrected chi connectivity index (χ3v) is 1.67. The number of pyridine rings is 1. The standard InChI is InChI=1S/C8H7ClN2/c1-6(4-10)7-2-3-8(9)11-5-7/h2-3,5-6H,1H3/t6-/m0/s1. The summed E-state index contributed by atoms with van der Waals surface area (Å²) < 4.78 is 0. The van der Waals surface area contributed by atoms with E-state index in [-0.39, 0.29) is 5.92 Å². The monoisotopic (exact) mass is 166 g/mol. The molecule has 0 spiro atoms. The summed E-state index contributed by atoms with van der Waals surface area (Å²) in [6.07, 6.45) is 1.62. The summed E-state index contributed by atoms with van der Waals surface area (Å²) in [6, 6.07) is 5.61. The van der Waals surface area contributed by atoms with Crippen molar-refractivity contribution in [2.45, 2.75) is 12.8 Å². The normalized spacial score (nSPS) is 12.1. The molecule has 1 aromatic rings. The van der Waals surface area contributed by atoms with Crippen LogP contribution in [0.25, 0.3) is 0 Å². The van der Waals surface area contributed by atoms with Crippen molar-refractivity contribution >= 4 is 11.6 Å². The van der Waals surface area contributed by atoms with Gasteiger partial charge in [0.05, 0.1) is 12.0 Å². The highest BCUT2D eigenvalue weighted by Crippen LogP contribution is 2.14. The lowest BCUT2D eigenvalue weighted by Crippen LogP contribution is -1.89. The number of nitriles is 1. The van der Waals surface area contributed by atoms with Crippen molar-refractivity contribution in [3.63, 3.8) is 0 Å². The van der Waals surface area contributed by atoms with Crippen LogP contribution in [0.5, 0.6) is 0 Å². The van der Waals surface area contributed by atoms with Crippen molar-refractivity contribution in [3.05, 3.63) is 29.0 Å². The quantitative estimate of drug-likeness (QED) is 0.601. The minimum absolute atomic E-state index is 0.111. The predicted molar refractivity (Wildman–Crippen MR) is 43.3 cm³/mol. The summed E-state index contributed by atoms with van der Waals surface area (Å²) in [4.78, 5) is 3.86. The molecule has 0 fully saturated rings. The summed E-state index contributed by atoms with van der Waals surface area (Å²) >= 11 is 5.57. The highest BCUT2D eigenvalue weighted by Gasteiger charge is 2.02. The molecule has 1 atom stereocenters. The molecule has 0 unspecified atom stereocenters. The molecular weight excluding hydrogens is 160 g/mol. The van der Waals surface area contributed by atoms with E-state index in [1.165, 1.54) is 0 Å². The zero-order valence-electron chi connectivity index (χ0n) is 6.08. The smallest absolute Gasteiger partial charge is 0.129 e. The highest BCUT2D eigenvalue weighted by molar-refractivity contribution is 6.29. The van der Waals surface area contributed by atoms with Gasteiger partial charge in [0.15, 0.2) is 0 Å². The van der Waals surface area contributed by atoms with Crippen molar-refractivity contribution in [3.8, 4) is 6.07 Å². The number of halogens is 1. The summed E-state index contributed by atoms with van der Waals surface area (Å²) in [5, 5.41) is 9.00. The van der Waals surface area contributed by atoms with Gasteiger partial charge in [0.2, 0.25) is 0 Å². The van der Waals surface area contributed by atoms with Gasteiger partial charge in [-0.3, -0.25) is 0 Å². The summed E-state index contributed by atoms with van der Waals surface area (Å²) in [5.41, 5.74) is 0.900. The molecule has 11 heavy (non-hydrogen) atoms. The first kappa shape index (κ1) is 8.03. The second kappa shape index (κ2) is 3.36. The fourth-order valence-electron chi connectivity index (χ4n) is 0.718. The first-order chi connectivity index (χ1) is 5.24. The van der Waals surface area contributed by atoms with Crippen molar-refractivity contribution in [2.24, 2.45) is 0 Å². The lowest BCUT2D eigenvalue weighted by molar-refractivity contribution is 0.967. The van der Waals surface area contributed by atoms with E-state index in [9.17, 15) is 0 Å². The second-order valence-corrected chi connectivity index (χ2v) is 2.65. The number of aromatic nitrogens is 1. The minimum atomic E-state index is -0.111. The van der Waals surface area contributed by atoms with Crippen molar-refractivity contribution in [1.82, 2.24) is 4.98 Å². The van der Waals surface area contributed by atoms with Gasteiger partial charge in [-0.2, -0.15) is 5.26 Å². The molecule has 0 saturated heterocycles. The Hall–Kier alpha value is -1.07. The fourth-order valence-corrected chi connectivity index (χ4v) is 0.830. The molecule has 0 saturated carbocycles. The van der Waals surface area contributed by atoms with Gasteiger partial charge >= 0.3 is 0 Å². The molecule has 0 aliphatic heterocycles. The van der Waals surface area contributed by atoms with Gasteiger partial charge < -0.3 is 0 Å². The van der Waals surface area contributed by atoms with Crippen molar-refractivity contribution in [2.75, 3.05) is 0 Å². The zero-order chi connectivity index (χ0) is 8.27. The molecule has 0 aliphatic rings. The molecule has 0 amide bonds. The summed E-state index contributed by atoms with van der Waals surface area (Å²) in [5.74, 6) is -0.111. The molecule has 2 nitrogen and oxygen atoms in total. The molecule has 0 N–H and O–H groups in total. The van der Waals surface area contributed by atoms with Crippen LogP contribution in [0.4, 0.5) is 0 Å². The summed E-state index contributed by atoms with van der Waals surface area (Å²) in [6.45, 7) is 1.82. The molecule has 1 heterocycles. The number of nitrogens with zero attached hydrogens (tertiary/aromatic N) is 2. The number of hydrogen-bond donors (Lipinski definition) is 0. The van der Waals surface area contributed by atoms with Gasteiger partial charge in [-0.05, 0) is 18.6 Å². The molecule has 1 rings (SSSR count). The van der Waals surface area contributed by atoms with E-state index in [0.29, 0.717) is 5.15 Å². The van der Waals surface area contributed by atoms with Crippen LogP contribution in [0.2, 0.25) is 5.15 Å². The Labute approximate surface area is 70.4 Å². The van der Waals surface area contributed by atoms with E-state index >= 15 is 0 Å². The van der Waals surface area contributed by atoms with Gasteiger partial charge in [-0.1, -0.05) is 17.7 Å². The maximum Gasteiger partial charge on any atom is 0.129 e. The summed E-state index contributed by atoms with van der Waals surface area (Å²) in [7, 11) is 0. The predicted octanol–water partition coefficient (Wildman–Crippen LogP) is 2.36. The Balaban J connectivity index is 2.92. The maximum absolute atomic E-state index is 8.55. The largest absolute Gasteiger partial charge is 0.244 e.